The van der Waals surface area contributed by atoms with Crippen LogP contribution in [0.1, 0.15) is 139 Å². The van der Waals surface area contributed by atoms with Gasteiger partial charge < -0.3 is 20.4 Å². The van der Waals surface area contributed by atoms with Gasteiger partial charge in [0.25, 0.3) is 0 Å². The van der Waals surface area contributed by atoms with Gasteiger partial charge in [0, 0.05) is 0 Å². The fourth-order valence-corrected chi connectivity index (χ4v) is 5.42. The minimum absolute atomic E-state index is 0.102. The van der Waals surface area contributed by atoms with Gasteiger partial charge in [0.2, 0.25) is 0 Å². The first-order valence-electron chi connectivity index (χ1n) is 14.4. The summed E-state index contributed by atoms with van der Waals surface area (Å²) >= 11 is 0. The first kappa shape index (κ1) is 35.4. The fraction of sp³-hybridized carbons (Fsp3) is 0.900. The molecule has 0 aliphatic rings. The van der Waals surface area contributed by atoms with Crippen molar-refractivity contribution in [3.8, 4) is 0 Å². The van der Waals surface area contributed by atoms with Crippen LogP contribution in [-0.4, -0.2) is 43.9 Å². The van der Waals surface area contributed by atoms with E-state index in [1.807, 2.05) is 62.3 Å². The molecule has 2 unspecified atom stereocenters. The molecule has 0 aromatic rings. The maximum Gasteiger partial charge on any atom is 0.337 e. The number of aliphatic hydroxyl groups is 1. The molecule has 0 aromatic carbocycles. The fourth-order valence-electron chi connectivity index (χ4n) is 5.42. The third-order valence-electron chi connectivity index (χ3n) is 10.7. The Balaban J connectivity index is 7.07. The van der Waals surface area contributed by atoms with Gasteiger partial charge in [-0.3, -0.25) is 9.59 Å². The Hall–Kier alpha value is -1.63. The molecule has 0 saturated heterocycles. The van der Waals surface area contributed by atoms with Crippen LogP contribution in [0.3, 0.4) is 0 Å². The minimum Gasteiger partial charge on any atom is -0.481 e. The van der Waals surface area contributed by atoms with Gasteiger partial charge in [-0.05, 0) is 54.8 Å². The molecule has 0 aromatic heterocycles. The molecule has 0 radical (unpaired) electrons. The van der Waals surface area contributed by atoms with Crippen molar-refractivity contribution in [1.82, 2.24) is 0 Å². The van der Waals surface area contributed by atoms with Crippen LogP contribution in [0, 0.1) is 27.6 Å². The number of carbonyl (C=O) groups is 3. The smallest absolute Gasteiger partial charge is 0.337 e. The van der Waals surface area contributed by atoms with Crippen LogP contribution >= 0.6 is 0 Å². The molecule has 0 amide bonds. The molecule has 7 nitrogen and oxygen atoms in total. The van der Waals surface area contributed by atoms with Crippen LogP contribution in [0.15, 0.2) is 0 Å². The van der Waals surface area contributed by atoms with E-state index < -0.39 is 34.8 Å². The molecular formula is C30H56O7. The van der Waals surface area contributed by atoms with E-state index in [-0.39, 0.29) is 35.5 Å². The van der Waals surface area contributed by atoms with Gasteiger partial charge in [0.05, 0.1) is 5.92 Å². The lowest BCUT2D eigenvalue weighted by Gasteiger charge is -2.47. The van der Waals surface area contributed by atoms with E-state index in [1.54, 1.807) is 0 Å². The first-order valence-corrected chi connectivity index (χ1v) is 14.4. The Bertz CT molecular complexity index is 725. The highest BCUT2D eigenvalue weighted by Gasteiger charge is 2.66. The second-order valence-electron chi connectivity index (χ2n) is 12.4. The summed E-state index contributed by atoms with van der Waals surface area (Å²) in [6, 6.07) is 0. The standard InChI is InChI=1S/C30H56O7/c1-10-26(7,11-2)17-16-22(23(31)32)30(37,25(35)36)29(24(33)34,20-18-27(8,12-3)13-4)21-19-28(9,14-5)15-6/h22,37H,10-21H2,1-9H3,(H,31,32)(H,33,34)(H,35,36). The lowest BCUT2D eigenvalue weighted by Crippen LogP contribution is -2.64. The zero-order valence-electron chi connectivity index (χ0n) is 25.1. The number of hydrogen-bond acceptors (Lipinski definition) is 4. The summed E-state index contributed by atoms with van der Waals surface area (Å²) in [4.78, 5) is 38.7. The third kappa shape index (κ3) is 7.93. The van der Waals surface area contributed by atoms with E-state index in [0.717, 1.165) is 38.5 Å². The summed E-state index contributed by atoms with van der Waals surface area (Å²) in [6.45, 7) is 18.1. The molecular weight excluding hydrogens is 472 g/mol. The molecule has 0 spiro atoms. The van der Waals surface area contributed by atoms with Gasteiger partial charge in [-0.2, -0.15) is 0 Å². The van der Waals surface area contributed by atoms with Crippen molar-refractivity contribution < 1.29 is 34.8 Å². The summed E-state index contributed by atoms with van der Waals surface area (Å²) in [6.07, 6.45) is 5.42. The van der Waals surface area contributed by atoms with Gasteiger partial charge in [0.1, 0.15) is 5.41 Å². The number of rotatable bonds is 20. The largest absolute Gasteiger partial charge is 0.481 e. The van der Waals surface area contributed by atoms with Crippen LogP contribution in [0.4, 0.5) is 0 Å². The quantitative estimate of drug-likeness (QED) is 0.129. The van der Waals surface area contributed by atoms with Crippen molar-refractivity contribution in [3.05, 3.63) is 0 Å². The monoisotopic (exact) mass is 528 g/mol. The Morgan fingerprint density at radius 3 is 1.14 bits per heavy atom. The summed E-state index contributed by atoms with van der Waals surface area (Å²) in [5.74, 6) is -6.40. The van der Waals surface area contributed by atoms with E-state index in [1.165, 1.54) is 0 Å². The van der Waals surface area contributed by atoms with E-state index in [0.29, 0.717) is 19.3 Å². The molecule has 0 heterocycles. The molecule has 0 rings (SSSR count). The SMILES string of the molecule is CCC(C)(CC)CCC(C(=O)O)C(O)(C(=O)O)C(CCC(C)(CC)CC)(CCC(C)(CC)CC)C(=O)O. The molecule has 0 bridgehead atoms. The summed E-state index contributed by atoms with van der Waals surface area (Å²) in [7, 11) is 0. The van der Waals surface area contributed by atoms with Crippen molar-refractivity contribution in [2.75, 3.05) is 0 Å². The van der Waals surface area contributed by atoms with E-state index >= 15 is 0 Å². The normalized spacial score (nSPS) is 15.7. The highest BCUT2D eigenvalue weighted by Crippen LogP contribution is 2.52. The van der Waals surface area contributed by atoms with Crippen molar-refractivity contribution in [2.24, 2.45) is 27.6 Å². The second-order valence-corrected chi connectivity index (χ2v) is 12.4. The van der Waals surface area contributed by atoms with Crippen LogP contribution in [-0.2, 0) is 14.4 Å². The summed E-state index contributed by atoms with van der Waals surface area (Å²) in [5.41, 5.74) is -5.84. The Labute approximate surface area is 225 Å². The number of carboxylic acids is 3. The van der Waals surface area contributed by atoms with Crippen molar-refractivity contribution in [2.45, 2.75) is 145 Å². The topological polar surface area (TPSA) is 132 Å². The number of aliphatic carboxylic acids is 3. The average molecular weight is 529 g/mol. The summed E-state index contributed by atoms with van der Waals surface area (Å²) in [5, 5.41) is 43.6. The van der Waals surface area contributed by atoms with Gasteiger partial charge >= 0.3 is 17.9 Å². The van der Waals surface area contributed by atoms with E-state index in [2.05, 4.69) is 0 Å². The Morgan fingerprint density at radius 1 is 0.568 bits per heavy atom. The van der Waals surface area contributed by atoms with E-state index in [4.69, 9.17) is 0 Å². The number of hydrogen-bond donors (Lipinski definition) is 4. The molecule has 7 heteroatoms. The molecule has 2 atom stereocenters. The van der Waals surface area contributed by atoms with Crippen LogP contribution in [0.5, 0.6) is 0 Å². The highest BCUT2D eigenvalue weighted by atomic mass is 16.4. The van der Waals surface area contributed by atoms with Crippen LogP contribution in [0.2, 0.25) is 0 Å². The lowest BCUT2D eigenvalue weighted by molar-refractivity contribution is -0.209. The highest BCUT2D eigenvalue weighted by molar-refractivity contribution is 5.93. The third-order valence-corrected chi connectivity index (χ3v) is 10.7. The Kier molecular flexibility index (Phi) is 13.3. The molecule has 4 N–H and O–H groups in total. The predicted molar refractivity (Wildman–Crippen MR) is 148 cm³/mol. The molecule has 0 saturated carbocycles. The van der Waals surface area contributed by atoms with Crippen molar-refractivity contribution in [3.63, 3.8) is 0 Å². The maximum atomic E-state index is 13.2. The molecule has 0 aliphatic heterocycles. The van der Waals surface area contributed by atoms with Gasteiger partial charge in [0.15, 0.2) is 5.60 Å². The predicted octanol–water partition coefficient (Wildman–Crippen LogP) is 7.39. The average Bonchev–Trinajstić information content (AvgIpc) is 2.87. The zero-order chi connectivity index (χ0) is 29.3. The first-order chi connectivity index (χ1) is 17.0. The minimum atomic E-state index is -2.96. The van der Waals surface area contributed by atoms with E-state index in [9.17, 15) is 34.8 Å². The lowest BCUT2D eigenvalue weighted by atomic mass is 9.56. The van der Waals surface area contributed by atoms with Crippen molar-refractivity contribution in [1.29, 1.82) is 0 Å². The number of carboxylic acid groups (broad SMARTS) is 3. The maximum absolute atomic E-state index is 13.2. The molecule has 218 valence electrons. The Morgan fingerprint density at radius 2 is 0.892 bits per heavy atom. The van der Waals surface area contributed by atoms with Crippen molar-refractivity contribution >= 4 is 17.9 Å². The molecule has 0 aliphatic carbocycles. The van der Waals surface area contributed by atoms with Gasteiger partial charge in [-0.1, -0.05) is 101 Å². The summed E-state index contributed by atoms with van der Waals surface area (Å²) < 4.78 is 0. The van der Waals surface area contributed by atoms with Crippen LogP contribution in [0.25, 0.3) is 0 Å². The molecule has 0 fully saturated rings. The second kappa shape index (κ2) is 14.0. The van der Waals surface area contributed by atoms with Gasteiger partial charge in [-0.25, -0.2) is 4.79 Å². The molecule has 37 heavy (non-hydrogen) atoms. The van der Waals surface area contributed by atoms with Gasteiger partial charge in [-0.15, -0.1) is 0 Å². The zero-order valence-corrected chi connectivity index (χ0v) is 25.1. The van der Waals surface area contributed by atoms with Crippen LogP contribution < -0.4 is 0 Å².